The molecular weight excluding hydrogens is 763 g/mol. The summed E-state index contributed by atoms with van der Waals surface area (Å²) in [6.45, 7) is 7.44. The quantitative estimate of drug-likeness (QED) is 0.0253. The van der Waals surface area contributed by atoms with Crippen molar-refractivity contribution in [2.75, 3.05) is 47.5 Å². The molecule has 352 valence electrons. The van der Waals surface area contributed by atoms with Crippen molar-refractivity contribution in [2.24, 2.45) is 5.92 Å². The second kappa shape index (κ2) is 39.2. The zero-order valence-electron chi connectivity index (χ0n) is 39.8. The van der Waals surface area contributed by atoms with Crippen LogP contribution in [0.3, 0.4) is 0 Å². The van der Waals surface area contributed by atoms with Crippen molar-refractivity contribution >= 4 is 29.8 Å². The van der Waals surface area contributed by atoms with E-state index in [1.54, 1.807) is 0 Å². The molecular formula is C49H92NO10+. The molecule has 0 aromatic carbocycles. The standard InChI is InChI=1S/C49H92NO10/c1-8-10-12-14-16-18-20-22-24-26-28-30-32-34-45(51)56-39-44(40-57-46(52)35-33-31-29-27-25-23-21-19-17-15-13-11-9-2)60-49(55)41-58-47(53)37-43(38-50(5,6)7)59-48(54)36-42(3)4/h42-44H,8-41H2,1-7H3/q+1/t43-/m0/s1. The number of carbonyl (C=O) groups is 5. The number of nitrogens with zero attached hydrogens (tertiary/aromatic N) is 1. The summed E-state index contributed by atoms with van der Waals surface area (Å²) in [6.07, 6.45) is 30.1. The third-order valence-electron chi connectivity index (χ3n) is 10.5. The van der Waals surface area contributed by atoms with Gasteiger partial charge in [-0.25, -0.2) is 4.79 Å². The number of unbranched alkanes of at least 4 members (excludes halogenated alkanes) is 24. The molecule has 0 aromatic heterocycles. The highest BCUT2D eigenvalue weighted by atomic mass is 16.6. The summed E-state index contributed by atoms with van der Waals surface area (Å²) < 4.78 is 27.6. The lowest BCUT2D eigenvalue weighted by Crippen LogP contribution is -2.44. The number of rotatable bonds is 42. The van der Waals surface area contributed by atoms with Gasteiger partial charge in [0.25, 0.3) is 0 Å². The Bertz CT molecular complexity index is 1040. The molecule has 0 aliphatic carbocycles. The van der Waals surface area contributed by atoms with Crippen molar-refractivity contribution in [3.05, 3.63) is 0 Å². The predicted molar refractivity (Wildman–Crippen MR) is 240 cm³/mol. The average Bonchev–Trinajstić information content (AvgIpc) is 3.17. The van der Waals surface area contributed by atoms with Gasteiger partial charge in [0.2, 0.25) is 0 Å². The third kappa shape index (κ3) is 40.7. The zero-order chi connectivity index (χ0) is 44.7. The average molecular weight is 855 g/mol. The Labute approximate surface area is 367 Å². The molecule has 1 atom stereocenters. The maximum Gasteiger partial charge on any atom is 0.344 e. The van der Waals surface area contributed by atoms with Gasteiger partial charge in [0.1, 0.15) is 19.8 Å². The molecule has 11 nitrogen and oxygen atoms in total. The van der Waals surface area contributed by atoms with E-state index in [9.17, 15) is 24.0 Å². The van der Waals surface area contributed by atoms with E-state index in [-0.39, 0.29) is 44.8 Å². The second-order valence-corrected chi connectivity index (χ2v) is 18.5. The smallest absolute Gasteiger partial charge is 0.344 e. The van der Waals surface area contributed by atoms with Crippen molar-refractivity contribution in [2.45, 2.75) is 233 Å². The summed E-state index contributed by atoms with van der Waals surface area (Å²) in [7, 11) is 5.76. The van der Waals surface area contributed by atoms with Gasteiger partial charge in [0.15, 0.2) is 18.8 Å². The van der Waals surface area contributed by atoms with E-state index < -0.39 is 48.7 Å². The fraction of sp³-hybridized carbons (Fsp3) is 0.898. The van der Waals surface area contributed by atoms with Gasteiger partial charge >= 0.3 is 29.8 Å². The van der Waals surface area contributed by atoms with Gasteiger partial charge in [-0.3, -0.25) is 19.2 Å². The SMILES string of the molecule is CCCCCCCCCCCCCCCC(=O)OCC(COC(=O)CCCCCCCCCCCCCCC)OC(=O)COC(=O)C[C@@H](C[N+](C)(C)C)OC(=O)CC(C)C. The highest BCUT2D eigenvalue weighted by molar-refractivity contribution is 5.77. The molecule has 0 N–H and O–H groups in total. The second-order valence-electron chi connectivity index (χ2n) is 18.5. The highest BCUT2D eigenvalue weighted by Crippen LogP contribution is 2.16. The first-order chi connectivity index (χ1) is 28.7. The molecule has 0 spiro atoms. The molecule has 0 rings (SSSR count). The van der Waals surface area contributed by atoms with Crippen LogP contribution < -0.4 is 0 Å². The van der Waals surface area contributed by atoms with E-state index in [0.29, 0.717) is 23.9 Å². The van der Waals surface area contributed by atoms with Crippen molar-refractivity contribution in [1.82, 2.24) is 0 Å². The molecule has 0 saturated carbocycles. The van der Waals surface area contributed by atoms with E-state index in [4.69, 9.17) is 23.7 Å². The molecule has 0 aliphatic heterocycles. The van der Waals surface area contributed by atoms with Crippen molar-refractivity contribution in [1.29, 1.82) is 0 Å². The summed E-state index contributed by atoms with van der Waals surface area (Å²) in [5.74, 6) is -2.68. The molecule has 0 radical (unpaired) electrons. The van der Waals surface area contributed by atoms with Gasteiger partial charge in [-0.2, -0.15) is 0 Å². The lowest BCUT2D eigenvalue weighted by atomic mass is 10.0. The van der Waals surface area contributed by atoms with Crippen LogP contribution in [-0.2, 0) is 47.7 Å². The Hall–Kier alpha value is -2.69. The lowest BCUT2D eigenvalue weighted by molar-refractivity contribution is -0.873. The molecule has 0 fully saturated rings. The van der Waals surface area contributed by atoms with E-state index >= 15 is 0 Å². The Balaban J connectivity index is 4.80. The number of hydrogen-bond acceptors (Lipinski definition) is 10. The van der Waals surface area contributed by atoms with Crippen LogP contribution in [-0.4, -0.2) is 94.0 Å². The number of quaternary nitrogens is 1. The van der Waals surface area contributed by atoms with Crippen molar-refractivity contribution in [3.63, 3.8) is 0 Å². The predicted octanol–water partition coefficient (Wildman–Crippen LogP) is 11.5. The normalized spacial score (nSPS) is 12.1. The van der Waals surface area contributed by atoms with Crippen LogP contribution in [0.25, 0.3) is 0 Å². The van der Waals surface area contributed by atoms with Crippen molar-refractivity contribution < 1.29 is 52.1 Å². The molecule has 0 unspecified atom stereocenters. The molecule has 0 aliphatic rings. The number of ether oxygens (including phenoxy) is 5. The van der Waals surface area contributed by atoms with Gasteiger partial charge in [-0.15, -0.1) is 0 Å². The Kier molecular flexibility index (Phi) is 37.4. The molecule has 0 heterocycles. The van der Waals surface area contributed by atoms with Gasteiger partial charge in [-0.1, -0.05) is 182 Å². The van der Waals surface area contributed by atoms with Gasteiger partial charge in [0, 0.05) is 19.3 Å². The Morgan fingerprint density at radius 3 is 1.10 bits per heavy atom. The fourth-order valence-electron chi connectivity index (χ4n) is 7.13. The topological polar surface area (TPSA) is 132 Å². The fourth-order valence-corrected chi connectivity index (χ4v) is 7.13. The minimum atomic E-state index is -1.05. The Morgan fingerprint density at radius 1 is 0.400 bits per heavy atom. The lowest BCUT2D eigenvalue weighted by Gasteiger charge is -2.28. The number of likely N-dealkylation sites (N-methyl/N-ethyl adjacent to an activating group) is 1. The summed E-state index contributed by atoms with van der Waals surface area (Å²) in [5.41, 5.74) is 0. The number of hydrogen-bond donors (Lipinski definition) is 0. The van der Waals surface area contributed by atoms with Crippen LogP contribution in [0.1, 0.15) is 220 Å². The van der Waals surface area contributed by atoms with Crippen LogP contribution >= 0.6 is 0 Å². The van der Waals surface area contributed by atoms with Crippen LogP contribution in [0.4, 0.5) is 0 Å². The Morgan fingerprint density at radius 2 is 0.750 bits per heavy atom. The number of esters is 5. The first-order valence-electron chi connectivity index (χ1n) is 24.4. The highest BCUT2D eigenvalue weighted by Gasteiger charge is 2.27. The number of carbonyl (C=O) groups excluding carboxylic acids is 5. The molecule has 0 saturated heterocycles. The third-order valence-corrected chi connectivity index (χ3v) is 10.5. The summed E-state index contributed by atoms with van der Waals surface area (Å²) in [5, 5.41) is 0. The molecule has 0 bridgehead atoms. The van der Waals surface area contributed by atoms with Crippen LogP contribution in [0.15, 0.2) is 0 Å². The minimum absolute atomic E-state index is 0.105. The van der Waals surface area contributed by atoms with E-state index in [1.165, 1.54) is 116 Å². The van der Waals surface area contributed by atoms with E-state index in [0.717, 1.165) is 38.5 Å². The minimum Gasteiger partial charge on any atom is -0.462 e. The first-order valence-corrected chi connectivity index (χ1v) is 24.4. The maximum atomic E-state index is 12.8. The van der Waals surface area contributed by atoms with Crippen molar-refractivity contribution in [3.8, 4) is 0 Å². The molecule has 11 heteroatoms. The monoisotopic (exact) mass is 855 g/mol. The van der Waals surface area contributed by atoms with Gasteiger partial charge in [-0.05, 0) is 18.8 Å². The van der Waals surface area contributed by atoms with E-state index in [1.807, 2.05) is 35.0 Å². The summed E-state index contributed by atoms with van der Waals surface area (Å²) >= 11 is 0. The molecule has 0 amide bonds. The summed E-state index contributed by atoms with van der Waals surface area (Å²) in [4.78, 5) is 63.1. The van der Waals surface area contributed by atoms with Crippen LogP contribution in [0.5, 0.6) is 0 Å². The van der Waals surface area contributed by atoms with Crippen LogP contribution in [0.2, 0.25) is 0 Å². The summed E-state index contributed by atoms with van der Waals surface area (Å²) in [6, 6.07) is 0. The molecule has 60 heavy (non-hydrogen) atoms. The largest absolute Gasteiger partial charge is 0.462 e. The van der Waals surface area contributed by atoms with Gasteiger partial charge < -0.3 is 28.2 Å². The molecule has 0 aromatic rings. The maximum absolute atomic E-state index is 12.8. The van der Waals surface area contributed by atoms with Gasteiger partial charge in [0.05, 0.1) is 27.6 Å². The van der Waals surface area contributed by atoms with Crippen LogP contribution in [0, 0.1) is 5.92 Å². The zero-order valence-corrected chi connectivity index (χ0v) is 39.8. The first kappa shape index (κ1) is 57.3. The van der Waals surface area contributed by atoms with E-state index in [2.05, 4.69) is 13.8 Å².